The molecule has 0 bridgehead atoms. The molecule has 0 spiro atoms. The number of thioether (sulfide) groups is 1. The number of nitrogens with one attached hydrogen (secondary N) is 1. The van der Waals surface area contributed by atoms with Crippen molar-refractivity contribution in [2.45, 2.75) is 9.79 Å². The van der Waals surface area contributed by atoms with E-state index in [1.54, 1.807) is 23.9 Å². The van der Waals surface area contributed by atoms with Gasteiger partial charge in [-0.3, -0.25) is 4.79 Å². The SMILES string of the molecule is CSc1ccc(NC(=O)c2ccc(Br)cc2S)cc1. The second-order valence-electron chi connectivity index (χ2n) is 3.84. The van der Waals surface area contributed by atoms with Crippen molar-refractivity contribution in [3.63, 3.8) is 0 Å². The van der Waals surface area contributed by atoms with Crippen molar-refractivity contribution in [3.8, 4) is 0 Å². The Bertz CT molecular complexity index is 599. The number of hydrogen-bond donors (Lipinski definition) is 2. The van der Waals surface area contributed by atoms with Crippen molar-refractivity contribution in [2.75, 3.05) is 11.6 Å². The van der Waals surface area contributed by atoms with Gasteiger partial charge in [0, 0.05) is 20.0 Å². The first-order valence-electron chi connectivity index (χ1n) is 5.54. The molecular formula is C14H12BrNOS2. The third-order valence-corrected chi connectivity index (χ3v) is 4.16. The predicted molar refractivity (Wildman–Crippen MR) is 87.6 cm³/mol. The van der Waals surface area contributed by atoms with Crippen LogP contribution in [0.4, 0.5) is 5.69 Å². The zero-order valence-electron chi connectivity index (χ0n) is 10.2. The molecule has 1 amide bonds. The molecule has 0 aromatic heterocycles. The lowest BCUT2D eigenvalue weighted by atomic mass is 10.2. The molecule has 2 aromatic rings. The highest BCUT2D eigenvalue weighted by Crippen LogP contribution is 2.22. The average Bonchev–Trinajstić information content (AvgIpc) is 2.39. The van der Waals surface area contributed by atoms with E-state index in [0.29, 0.717) is 10.5 Å². The fourth-order valence-corrected chi connectivity index (χ4v) is 2.83. The maximum Gasteiger partial charge on any atom is 0.256 e. The molecule has 0 saturated carbocycles. The lowest BCUT2D eigenvalue weighted by molar-refractivity contribution is 0.102. The molecule has 0 aliphatic carbocycles. The van der Waals surface area contributed by atoms with Crippen LogP contribution in [0.1, 0.15) is 10.4 Å². The largest absolute Gasteiger partial charge is 0.322 e. The topological polar surface area (TPSA) is 29.1 Å². The van der Waals surface area contributed by atoms with Crippen LogP contribution in [0.5, 0.6) is 0 Å². The van der Waals surface area contributed by atoms with Gasteiger partial charge in [-0.2, -0.15) is 0 Å². The maximum absolute atomic E-state index is 12.1. The van der Waals surface area contributed by atoms with Gasteiger partial charge in [-0.05, 0) is 48.7 Å². The molecular weight excluding hydrogens is 342 g/mol. The molecule has 1 N–H and O–H groups in total. The molecule has 98 valence electrons. The number of anilines is 1. The number of carbonyl (C=O) groups is 1. The van der Waals surface area contributed by atoms with Crippen LogP contribution in [0.2, 0.25) is 0 Å². The van der Waals surface area contributed by atoms with E-state index >= 15 is 0 Å². The van der Waals surface area contributed by atoms with E-state index in [-0.39, 0.29) is 5.91 Å². The standard InChI is InChI=1S/C14H12BrNOS2/c1-19-11-5-3-10(4-6-11)16-14(17)12-7-2-9(15)8-13(12)18/h2-8,18H,1H3,(H,16,17). The summed E-state index contributed by atoms with van der Waals surface area (Å²) in [6.45, 7) is 0. The fraction of sp³-hybridized carbons (Fsp3) is 0.0714. The summed E-state index contributed by atoms with van der Waals surface area (Å²) in [5.74, 6) is -0.158. The van der Waals surface area contributed by atoms with Crippen LogP contribution < -0.4 is 5.32 Å². The fourth-order valence-electron chi connectivity index (χ4n) is 1.57. The Kier molecular flexibility index (Phi) is 4.96. The quantitative estimate of drug-likeness (QED) is 0.617. The van der Waals surface area contributed by atoms with E-state index in [1.807, 2.05) is 36.6 Å². The van der Waals surface area contributed by atoms with Crippen molar-refractivity contribution in [3.05, 3.63) is 52.5 Å². The average molecular weight is 354 g/mol. The maximum atomic E-state index is 12.1. The zero-order chi connectivity index (χ0) is 13.8. The number of amides is 1. The highest BCUT2D eigenvalue weighted by Gasteiger charge is 2.10. The molecule has 5 heteroatoms. The molecule has 2 nitrogen and oxygen atoms in total. The molecule has 0 saturated heterocycles. The van der Waals surface area contributed by atoms with E-state index in [4.69, 9.17) is 0 Å². The van der Waals surface area contributed by atoms with Crippen LogP contribution in [0.15, 0.2) is 56.7 Å². The third kappa shape index (κ3) is 3.78. The number of thiol groups is 1. The Labute approximate surface area is 130 Å². The van der Waals surface area contributed by atoms with E-state index in [0.717, 1.165) is 15.1 Å². The minimum absolute atomic E-state index is 0.158. The van der Waals surface area contributed by atoms with Gasteiger partial charge in [0.2, 0.25) is 0 Å². The molecule has 0 heterocycles. The highest BCUT2D eigenvalue weighted by molar-refractivity contribution is 9.10. The van der Waals surface area contributed by atoms with Crippen molar-refractivity contribution < 1.29 is 4.79 Å². The molecule has 0 aliphatic heterocycles. The summed E-state index contributed by atoms with van der Waals surface area (Å²) in [5.41, 5.74) is 1.33. The van der Waals surface area contributed by atoms with E-state index in [1.165, 1.54) is 0 Å². The zero-order valence-corrected chi connectivity index (χ0v) is 13.5. The molecule has 0 aliphatic rings. The predicted octanol–water partition coefficient (Wildman–Crippen LogP) is 4.71. The second-order valence-corrected chi connectivity index (χ2v) is 6.12. The Morgan fingerprint density at radius 3 is 2.47 bits per heavy atom. The van der Waals surface area contributed by atoms with Crippen LogP contribution in [0.3, 0.4) is 0 Å². The summed E-state index contributed by atoms with van der Waals surface area (Å²) >= 11 is 9.32. The molecule has 19 heavy (non-hydrogen) atoms. The van der Waals surface area contributed by atoms with Crippen molar-refractivity contribution in [1.82, 2.24) is 0 Å². The van der Waals surface area contributed by atoms with E-state index in [9.17, 15) is 4.79 Å². The van der Waals surface area contributed by atoms with Gasteiger partial charge in [0.15, 0.2) is 0 Å². The molecule has 2 aromatic carbocycles. The summed E-state index contributed by atoms with van der Waals surface area (Å²) in [6.07, 6.45) is 2.02. The van der Waals surface area contributed by atoms with Crippen LogP contribution in [-0.2, 0) is 0 Å². The van der Waals surface area contributed by atoms with Gasteiger partial charge in [0.05, 0.1) is 5.56 Å². The van der Waals surface area contributed by atoms with Gasteiger partial charge in [-0.25, -0.2) is 0 Å². The van der Waals surface area contributed by atoms with Crippen LogP contribution in [0.25, 0.3) is 0 Å². The molecule has 0 atom stereocenters. The summed E-state index contributed by atoms with van der Waals surface area (Å²) < 4.78 is 0.901. The lowest BCUT2D eigenvalue weighted by Gasteiger charge is -2.08. The van der Waals surface area contributed by atoms with Gasteiger partial charge >= 0.3 is 0 Å². The number of halogens is 1. The van der Waals surface area contributed by atoms with Crippen molar-refractivity contribution >= 4 is 51.9 Å². The first-order valence-corrected chi connectivity index (χ1v) is 8.00. The number of benzene rings is 2. The van der Waals surface area contributed by atoms with E-state index in [2.05, 4.69) is 33.9 Å². The van der Waals surface area contributed by atoms with Gasteiger partial charge in [-0.15, -0.1) is 24.4 Å². The first kappa shape index (κ1) is 14.5. The van der Waals surface area contributed by atoms with Gasteiger partial charge in [0.25, 0.3) is 5.91 Å². The normalized spacial score (nSPS) is 10.3. The van der Waals surface area contributed by atoms with Crippen molar-refractivity contribution in [2.24, 2.45) is 0 Å². The Balaban J connectivity index is 2.15. The Morgan fingerprint density at radius 1 is 1.21 bits per heavy atom. The molecule has 0 fully saturated rings. The minimum Gasteiger partial charge on any atom is -0.322 e. The molecule has 0 unspecified atom stereocenters. The summed E-state index contributed by atoms with van der Waals surface area (Å²) in [7, 11) is 0. The Hall–Kier alpha value is -0.910. The molecule has 0 radical (unpaired) electrons. The number of hydrogen-bond acceptors (Lipinski definition) is 3. The number of carbonyl (C=O) groups excluding carboxylic acids is 1. The van der Waals surface area contributed by atoms with Crippen molar-refractivity contribution in [1.29, 1.82) is 0 Å². The van der Waals surface area contributed by atoms with Crippen LogP contribution in [-0.4, -0.2) is 12.2 Å². The first-order chi connectivity index (χ1) is 9.10. The lowest BCUT2D eigenvalue weighted by Crippen LogP contribution is -2.12. The van der Waals surface area contributed by atoms with E-state index < -0.39 is 0 Å². The van der Waals surface area contributed by atoms with Crippen LogP contribution in [0, 0.1) is 0 Å². The summed E-state index contributed by atoms with van der Waals surface area (Å²) in [4.78, 5) is 13.9. The van der Waals surface area contributed by atoms with Gasteiger partial charge in [0.1, 0.15) is 0 Å². The summed E-state index contributed by atoms with van der Waals surface area (Å²) in [6, 6.07) is 13.1. The third-order valence-electron chi connectivity index (χ3n) is 2.55. The summed E-state index contributed by atoms with van der Waals surface area (Å²) in [5, 5.41) is 2.86. The number of rotatable bonds is 3. The van der Waals surface area contributed by atoms with Crippen LogP contribution >= 0.6 is 40.3 Å². The molecule has 2 rings (SSSR count). The highest BCUT2D eigenvalue weighted by atomic mass is 79.9. The van der Waals surface area contributed by atoms with Gasteiger partial charge < -0.3 is 5.32 Å². The monoisotopic (exact) mass is 353 g/mol. The Morgan fingerprint density at radius 2 is 1.89 bits per heavy atom. The van der Waals surface area contributed by atoms with Gasteiger partial charge in [-0.1, -0.05) is 15.9 Å². The second kappa shape index (κ2) is 6.50. The minimum atomic E-state index is -0.158. The smallest absolute Gasteiger partial charge is 0.256 e.